The lowest BCUT2D eigenvalue weighted by molar-refractivity contribution is -0.139. The molecule has 0 atom stereocenters. The monoisotopic (exact) mass is 173 g/mol. The van der Waals surface area contributed by atoms with E-state index >= 15 is 0 Å². The van der Waals surface area contributed by atoms with Crippen LogP contribution in [0, 0.1) is 5.41 Å². The van der Waals surface area contributed by atoms with Gasteiger partial charge in [0.1, 0.15) is 0 Å². The van der Waals surface area contributed by atoms with Gasteiger partial charge in [0, 0.05) is 19.4 Å². The van der Waals surface area contributed by atoms with Gasteiger partial charge in [-0.05, 0) is 12.8 Å². The van der Waals surface area contributed by atoms with Gasteiger partial charge in [-0.15, -0.1) is 0 Å². The summed E-state index contributed by atoms with van der Waals surface area (Å²) in [6, 6.07) is 0. The summed E-state index contributed by atoms with van der Waals surface area (Å²) in [6.45, 7) is 0.629. The third-order valence-electron chi connectivity index (χ3n) is 1.41. The molecule has 0 rings (SSSR count). The van der Waals surface area contributed by atoms with Gasteiger partial charge in [-0.25, -0.2) is 0 Å². The van der Waals surface area contributed by atoms with Gasteiger partial charge < -0.3 is 14.9 Å². The summed E-state index contributed by atoms with van der Waals surface area (Å²) in [4.78, 5) is 10.7. The van der Waals surface area contributed by atoms with Crippen molar-refractivity contribution in [2.45, 2.75) is 19.3 Å². The quantitative estimate of drug-likeness (QED) is 0.370. The van der Waals surface area contributed by atoms with Gasteiger partial charge in [-0.3, -0.25) is 4.79 Å². The Bertz CT molecular complexity index is 156. The predicted octanol–water partition coefficient (Wildman–Crippen LogP) is 0.996. The van der Waals surface area contributed by atoms with E-state index in [0.29, 0.717) is 18.7 Å². The molecule has 0 aromatic heterocycles. The highest BCUT2D eigenvalue weighted by Crippen LogP contribution is 1.97. The number of hydrogen-bond donors (Lipinski definition) is 1. The Morgan fingerprint density at radius 1 is 1.42 bits per heavy atom. The Morgan fingerprint density at radius 2 is 2.08 bits per heavy atom. The zero-order valence-electron chi connectivity index (χ0n) is 7.55. The minimum atomic E-state index is -0.350. The van der Waals surface area contributed by atoms with E-state index in [9.17, 15) is 4.79 Å². The summed E-state index contributed by atoms with van der Waals surface area (Å²) < 4.78 is 9.23. The molecular weight excluding hydrogens is 158 g/mol. The van der Waals surface area contributed by atoms with Crippen LogP contribution in [0.5, 0.6) is 0 Å². The SMILES string of the molecule is COCCCC(=N)CC(=O)OC. The molecule has 0 saturated heterocycles. The van der Waals surface area contributed by atoms with Crippen LogP contribution < -0.4 is 0 Å². The standard InChI is InChI=1S/C8H15NO3/c1-11-5-3-4-7(9)6-8(10)12-2/h9H,3-6H2,1-2H3. The third-order valence-corrected chi connectivity index (χ3v) is 1.41. The lowest BCUT2D eigenvalue weighted by atomic mass is 10.1. The second-order valence-corrected chi connectivity index (χ2v) is 2.45. The maximum atomic E-state index is 10.7. The smallest absolute Gasteiger partial charge is 0.311 e. The van der Waals surface area contributed by atoms with Crippen molar-refractivity contribution >= 4 is 11.7 Å². The van der Waals surface area contributed by atoms with Crippen LogP contribution in [-0.2, 0) is 14.3 Å². The molecule has 0 amide bonds. The zero-order chi connectivity index (χ0) is 9.40. The van der Waals surface area contributed by atoms with E-state index in [1.807, 2.05) is 0 Å². The molecule has 0 aliphatic carbocycles. The molecule has 70 valence electrons. The molecule has 0 radical (unpaired) electrons. The van der Waals surface area contributed by atoms with E-state index in [1.165, 1.54) is 7.11 Å². The average molecular weight is 173 g/mol. The maximum absolute atomic E-state index is 10.7. The van der Waals surface area contributed by atoms with Crippen molar-refractivity contribution in [1.29, 1.82) is 5.41 Å². The molecule has 0 aliphatic rings. The number of carbonyl (C=O) groups excluding carboxylic acids is 1. The van der Waals surface area contributed by atoms with E-state index in [4.69, 9.17) is 10.1 Å². The molecule has 0 bridgehead atoms. The number of rotatable bonds is 6. The Morgan fingerprint density at radius 3 is 2.58 bits per heavy atom. The average Bonchev–Trinajstić information content (AvgIpc) is 2.05. The second kappa shape index (κ2) is 6.79. The number of methoxy groups -OCH3 is 2. The van der Waals surface area contributed by atoms with Gasteiger partial charge >= 0.3 is 5.97 Å². The number of ether oxygens (including phenoxy) is 2. The van der Waals surface area contributed by atoms with Crippen LogP contribution in [-0.4, -0.2) is 32.5 Å². The lowest BCUT2D eigenvalue weighted by Gasteiger charge is -2.01. The molecule has 0 saturated carbocycles. The summed E-state index contributed by atoms with van der Waals surface area (Å²) in [6.07, 6.45) is 1.48. The fourth-order valence-electron chi connectivity index (χ4n) is 0.765. The highest BCUT2D eigenvalue weighted by atomic mass is 16.5. The molecule has 12 heavy (non-hydrogen) atoms. The van der Waals surface area contributed by atoms with Crippen molar-refractivity contribution in [1.82, 2.24) is 0 Å². The van der Waals surface area contributed by atoms with Gasteiger partial charge in [-0.2, -0.15) is 0 Å². The van der Waals surface area contributed by atoms with Crippen LogP contribution in [0.3, 0.4) is 0 Å². The van der Waals surface area contributed by atoms with Gasteiger partial charge in [0.05, 0.1) is 13.5 Å². The molecule has 1 N–H and O–H groups in total. The van der Waals surface area contributed by atoms with Crippen molar-refractivity contribution in [3.05, 3.63) is 0 Å². The molecule has 4 heteroatoms. The van der Waals surface area contributed by atoms with Crippen molar-refractivity contribution in [2.75, 3.05) is 20.8 Å². The first-order valence-corrected chi connectivity index (χ1v) is 3.82. The first-order chi connectivity index (χ1) is 5.70. The molecule has 0 aromatic rings. The van der Waals surface area contributed by atoms with Crippen LogP contribution in [0.25, 0.3) is 0 Å². The Balaban J connectivity index is 3.40. The molecule has 4 nitrogen and oxygen atoms in total. The molecule has 0 aromatic carbocycles. The third kappa shape index (κ3) is 5.85. The lowest BCUT2D eigenvalue weighted by Crippen LogP contribution is -2.08. The number of hydrogen-bond acceptors (Lipinski definition) is 4. The minimum absolute atomic E-state index is 0.0974. The highest BCUT2D eigenvalue weighted by molar-refractivity contribution is 5.97. The molecule has 0 fully saturated rings. The zero-order valence-corrected chi connectivity index (χ0v) is 7.55. The largest absolute Gasteiger partial charge is 0.469 e. The van der Waals surface area contributed by atoms with Gasteiger partial charge in [-0.1, -0.05) is 0 Å². The molecule has 0 heterocycles. The van der Waals surface area contributed by atoms with Crippen molar-refractivity contribution < 1.29 is 14.3 Å². The Kier molecular flexibility index (Phi) is 6.28. The van der Waals surface area contributed by atoms with Gasteiger partial charge in [0.25, 0.3) is 0 Å². The van der Waals surface area contributed by atoms with Crippen molar-refractivity contribution in [2.24, 2.45) is 0 Å². The minimum Gasteiger partial charge on any atom is -0.469 e. The molecule has 0 spiro atoms. The fourth-order valence-corrected chi connectivity index (χ4v) is 0.765. The maximum Gasteiger partial charge on any atom is 0.311 e. The first kappa shape index (κ1) is 11.1. The second-order valence-electron chi connectivity index (χ2n) is 2.45. The van der Waals surface area contributed by atoms with E-state index < -0.39 is 0 Å². The number of esters is 1. The van der Waals surface area contributed by atoms with Crippen LogP contribution >= 0.6 is 0 Å². The van der Waals surface area contributed by atoms with Gasteiger partial charge in [0.2, 0.25) is 0 Å². The first-order valence-electron chi connectivity index (χ1n) is 3.82. The normalized spacial score (nSPS) is 9.50. The molecule has 0 aliphatic heterocycles. The van der Waals surface area contributed by atoms with Crippen molar-refractivity contribution in [3.8, 4) is 0 Å². The van der Waals surface area contributed by atoms with E-state index in [2.05, 4.69) is 4.74 Å². The summed E-state index contributed by atoms with van der Waals surface area (Å²) in [5.41, 5.74) is 0.402. The molecular formula is C8H15NO3. The van der Waals surface area contributed by atoms with Gasteiger partial charge in [0.15, 0.2) is 0 Å². The van der Waals surface area contributed by atoms with E-state index in [1.54, 1.807) is 7.11 Å². The summed E-state index contributed by atoms with van der Waals surface area (Å²) in [7, 11) is 2.94. The fraction of sp³-hybridized carbons (Fsp3) is 0.750. The topological polar surface area (TPSA) is 59.4 Å². The number of carbonyl (C=O) groups is 1. The molecule has 0 unspecified atom stereocenters. The van der Waals surface area contributed by atoms with Crippen molar-refractivity contribution in [3.63, 3.8) is 0 Å². The van der Waals surface area contributed by atoms with Crippen LogP contribution in [0.2, 0.25) is 0 Å². The Hall–Kier alpha value is -0.900. The van der Waals surface area contributed by atoms with E-state index in [-0.39, 0.29) is 12.4 Å². The summed E-state index contributed by atoms with van der Waals surface area (Å²) in [5.74, 6) is -0.350. The number of nitrogens with one attached hydrogen (secondary N) is 1. The predicted molar refractivity (Wildman–Crippen MR) is 45.5 cm³/mol. The van der Waals surface area contributed by atoms with Crippen LogP contribution in [0.15, 0.2) is 0 Å². The van der Waals surface area contributed by atoms with Crippen LogP contribution in [0.4, 0.5) is 0 Å². The summed E-state index contributed by atoms with van der Waals surface area (Å²) >= 11 is 0. The Labute approximate surface area is 72.4 Å². The summed E-state index contributed by atoms with van der Waals surface area (Å²) in [5, 5.41) is 7.34. The highest BCUT2D eigenvalue weighted by Gasteiger charge is 2.04. The van der Waals surface area contributed by atoms with E-state index in [0.717, 1.165) is 6.42 Å². The van der Waals surface area contributed by atoms with Crippen LogP contribution in [0.1, 0.15) is 19.3 Å².